The summed E-state index contributed by atoms with van der Waals surface area (Å²) in [6.45, 7) is 3.89. The Morgan fingerprint density at radius 3 is 2.68 bits per heavy atom. The van der Waals surface area contributed by atoms with Crippen LogP contribution in [0.1, 0.15) is 10.5 Å². The molecule has 1 unspecified atom stereocenters. The SMILES string of the molecule is CN(C)CC1COCCN(c2cccc(C(=O)N(C)C)n2)C1.O=CO. The second-order valence-electron chi connectivity index (χ2n) is 6.34. The van der Waals surface area contributed by atoms with Gasteiger partial charge >= 0.3 is 0 Å². The van der Waals surface area contributed by atoms with Crippen LogP contribution in [0.5, 0.6) is 0 Å². The Labute approximate surface area is 149 Å². The minimum Gasteiger partial charge on any atom is -0.483 e. The van der Waals surface area contributed by atoms with Crippen LogP contribution in [0.4, 0.5) is 5.82 Å². The van der Waals surface area contributed by atoms with Gasteiger partial charge in [-0.25, -0.2) is 4.98 Å². The molecular weight excluding hydrogens is 324 g/mol. The summed E-state index contributed by atoms with van der Waals surface area (Å²) in [7, 11) is 7.63. The number of pyridine rings is 1. The fourth-order valence-electron chi connectivity index (χ4n) is 2.66. The van der Waals surface area contributed by atoms with E-state index in [-0.39, 0.29) is 12.4 Å². The second kappa shape index (κ2) is 10.6. The van der Waals surface area contributed by atoms with Crippen LogP contribution in [-0.4, -0.2) is 93.3 Å². The summed E-state index contributed by atoms with van der Waals surface area (Å²) in [4.78, 5) is 30.9. The minimum atomic E-state index is -0.250. The topological polar surface area (TPSA) is 86.2 Å². The zero-order chi connectivity index (χ0) is 18.8. The van der Waals surface area contributed by atoms with Crippen molar-refractivity contribution in [1.29, 1.82) is 0 Å². The number of amides is 1. The summed E-state index contributed by atoms with van der Waals surface area (Å²) in [5.74, 6) is 1.22. The van der Waals surface area contributed by atoms with Crippen molar-refractivity contribution in [2.24, 2.45) is 5.92 Å². The molecule has 25 heavy (non-hydrogen) atoms. The van der Waals surface area contributed by atoms with Gasteiger partial charge in [0.15, 0.2) is 0 Å². The number of carbonyl (C=O) groups is 2. The highest BCUT2D eigenvalue weighted by Crippen LogP contribution is 2.17. The molecule has 8 heteroatoms. The maximum Gasteiger partial charge on any atom is 0.290 e. The number of carbonyl (C=O) groups excluding carboxylic acids is 1. The Hall–Kier alpha value is -2.19. The molecule has 0 radical (unpaired) electrons. The molecule has 1 aliphatic rings. The molecule has 1 atom stereocenters. The van der Waals surface area contributed by atoms with Crippen LogP contribution in [0.3, 0.4) is 0 Å². The largest absolute Gasteiger partial charge is 0.483 e. The molecule has 8 nitrogen and oxygen atoms in total. The van der Waals surface area contributed by atoms with Gasteiger partial charge in [-0.3, -0.25) is 9.59 Å². The van der Waals surface area contributed by atoms with E-state index in [9.17, 15) is 4.79 Å². The number of ether oxygens (including phenoxy) is 1. The van der Waals surface area contributed by atoms with Crippen molar-refractivity contribution in [3.05, 3.63) is 23.9 Å². The Balaban J connectivity index is 0.000000970. The molecule has 1 amide bonds. The van der Waals surface area contributed by atoms with E-state index in [4.69, 9.17) is 14.6 Å². The number of hydrogen-bond acceptors (Lipinski definition) is 6. The van der Waals surface area contributed by atoms with Crippen molar-refractivity contribution in [3.8, 4) is 0 Å². The summed E-state index contributed by atoms with van der Waals surface area (Å²) in [5, 5.41) is 6.89. The molecular formula is C17H28N4O4. The Morgan fingerprint density at radius 2 is 2.08 bits per heavy atom. The maximum absolute atomic E-state index is 12.1. The van der Waals surface area contributed by atoms with Crippen molar-refractivity contribution < 1.29 is 19.4 Å². The molecule has 0 spiro atoms. The van der Waals surface area contributed by atoms with Gasteiger partial charge in [-0.15, -0.1) is 0 Å². The van der Waals surface area contributed by atoms with Crippen LogP contribution in [0.25, 0.3) is 0 Å². The van der Waals surface area contributed by atoms with Gasteiger partial charge in [0.05, 0.1) is 13.2 Å². The zero-order valence-electron chi connectivity index (χ0n) is 15.4. The summed E-state index contributed by atoms with van der Waals surface area (Å²) in [6.07, 6.45) is 0. The van der Waals surface area contributed by atoms with Gasteiger partial charge in [0.1, 0.15) is 11.5 Å². The molecule has 0 aromatic carbocycles. The maximum atomic E-state index is 12.1. The van der Waals surface area contributed by atoms with Crippen LogP contribution in [0, 0.1) is 5.92 Å². The lowest BCUT2D eigenvalue weighted by Crippen LogP contribution is -2.35. The molecule has 140 valence electrons. The van der Waals surface area contributed by atoms with Gasteiger partial charge in [-0.1, -0.05) is 6.07 Å². The third-order valence-corrected chi connectivity index (χ3v) is 3.64. The van der Waals surface area contributed by atoms with Gasteiger partial charge in [-0.05, 0) is 26.2 Å². The lowest BCUT2D eigenvalue weighted by molar-refractivity contribution is -0.122. The van der Waals surface area contributed by atoms with Crippen molar-refractivity contribution in [2.45, 2.75) is 0 Å². The first kappa shape index (κ1) is 20.9. The Morgan fingerprint density at radius 1 is 1.40 bits per heavy atom. The van der Waals surface area contributed by atoms with Gasteiger partial charge in [0.2, 0.25) is 0 Å². The summed E-state index contributed by atoms with van der Waals surface area (Å²) in [6, 6.07) is 5.62. The quantitative estimate of drug-likeness (QED) is 0.790. The monoisotopic (exact) mass is 352 g/mol. The van der Waals surface area contributed by atoms with Crippen molar-refractivity contribution >= 4 is 18.2 Å². The van der Waals surface area contributed by atoms with Crippen molar-refractivity contribution in [2.75, 3.05) is 65.9 Å². The third kappa shape index (κ3) is 7.06. The summed E-state index contributed by atoms with van der Waals surface area (Å²) < 4.78 is 5.70. The molecule has 1 aliphatic heterocycles. The molecule has 1 N–H and O–H groups in total. The number of hydrogen-bond donors (Lipinski definition) is 1. The molecule has 0 saturated carbocycles. The molecule has 1 aromatic heterocycles. The zero-order valence-corrected chi connectivity index (χ0v) is 15.4. The molecule has 0 aliphatic carbocycles. The normalized spacial score (nSPS) is 17.3. The molecule has 1 fully saturated rings. The molecule has 1 saturated heterocycles. The highest BCUT2D eigenvalue weighted by Gasteiger charge is 2.21. The van der Waals surface area contributed by atoms with E-state index in [2.05, 4.69) is 28.9 Å². The predicted octanol–water partition coefficient (Wildman–Crippen LogP) is 0.499. The number of rotatable bonds is 4. The summed E-state index contributed by atoms with van der Waals surface area (Å²) >= 11 is 0. The van der Waals surface area contributed by atoms with Gasteiger partial charge in [-0.2, -0.15) is 0 Å². The average molecular weight is 352 g/mol. The highest BCUT2D eigenvalue weighted by atomic mass is 16.5. The molecule has 2 rings (SSSR count). The standard InChI is InChI=1S/C16H26N4O2.CH2O2/c1-18(2)10-13-11-20(8-9-22-12-13)15-7-5-6-14(17-15)16(21)19(3)4;2-1-3/h5-7,13H,8-12H2,1-4H3;1H,(H,2,3). The number of carboxylic acid groups (broad SMARTS) is 1. The van der Waals surface area contributed by atoms with Crippen LogP contribution in [0.15, 0.2) is 18.2 Å². The van der Waals surface area contributed by atoms with Gasteiger partial charge in [0.25, 0.3) is 12.4 Å². The molecule has 1 aromatic rings. The van der Waals surface area contributed by atoms with Crippen molar-refractivity contribution in [3.63, 3.8) is 0 Å². The Kier molecular flexibility index (Phi) is 8.87. The fraction of sp³-hybridized carbons (Fsp3) is 0.588. The van der Waals surface area contributed by atoms with Gasteiger partial charge in [0, 0.05) is 39.6 Å². The smallest absolute Gasteiger partial charge is 0.290 e. The van der Waals surface area contributed by atoms with E-state index in [1.807, 2.05) is 12.1 Å². The first-order valence-corrected chi connectivity index (χ1v) is 8.13. The Bertz CT molecular complexity index is 551. The average Bonchev–Trinajstić information content (AvgIpc) is 2.80. The van der Waals surface area contributed by atoms with Crippen LogP contribution in [0.2, 0.25) is 0 Å². The van der Waals surface area contributed by atoms with E-state index in [1.54, 1.807) is 25.1 Å². The van der Waals surface area contributed by atoms with E-state index >= 15 is 0 Å². The number of nitrogens with zero attached hydrogens (tertiary/aromatic N) is 4. The van der Waals surface area contributed by atoms with E-state index in [0.29, 0.717) is 18.2 Å². The lowest BCUT2D eigenvalue weighted by Gasteiger charge is -2.26. The summed E-state index contributed by atoms with van der Waals surface area (Å²) in [5.41, 5.74) is 0.483. The number of anilines is 1. The van der Waals surface area contributed by atoms with Crippen LogP contribution < -0.4 is 4.90 Å². The number of aromatic nitrogens is 1. The van der Waals surface area contributed by atoms with Gasteiger partial charge < -0.3 is 24.5 Å². The van der Waals surface area contributed by atoms with E-state index in [1.165, 1.54) is 0 Å². The third-order valence-electron chi connectivity index (χ3n) is 3.64. The minimum absolute atomic E-state index is 0.0715. The first-order chi connectivity index (χ1) is 11.9. The fourth-order valence-corrected chi connectivity index (χ4v) is 2.66. The second-order valence-corrected chi connectivity index (χ2v) is 6.34. The van der Waals surface area contributed by atoms with Crippen LogP contribution >= 0.6 is 0 Å². The lowest BCUT2D eigenvalue weighted by atomic mass is 10.1. The predicted molar refractivity (Wildman–Crippen MR) is 96.0 cm³/mol. The van der Waals surface area contributed by atoms with Crippen LogP contribution in [-0.2, 0) is 9.53 Å². The molecule has 2 heterocycles. The van der Waals surface area contributed by atoms with Crippen molar-refractivity contribution in [1.82, 2.24) is 14.8 Å². The van der Waals surface area contributed by atoms with E-state index in [0.717, 1.165) is 32.1 Å². The highest BCUT2D eigenvalue weighted by molar-refractivity contribution is 5.92. The molecule has 0 bridgehead atoms. The van der Waals surface area contributed by atoms with E-state index < -0.39 is 0 Å². The first-order valence-electron chi connectivity index (χ1n) is 8.13.